The fourth-order valence-electron chi connectivity index (χ4n) is 2.44. The highest BCUT2D eigenvalue weighted by Crippen LogP contribution is 2.37. The molecule has 0 radical (unpaired) electrons. The van der Waals surface area contributed by atoms with Gasteiger partial charge < -0.3 is 5.73 Å². The molecule has 0 aromatic heterocycles. The Balaban J connectivity index is 2.29. The molecule has 1 fully saturated rings. The van der Waals surface area contributed by atoms with Gasteiger partial charge in [0.2, 0.25) is 0 Å². The van der Waals surface area contributed by atoms with Crippen molar-refractivity contribution in [2.24, 2.45) is 11.1 Å². The van der Waals surface area contributed by atoms with E-state index >= 15 is 0 Å². The summed E-state index contributed by atoms with van der Waals surface area (Å²) in [6.45, 7) is 0.342. The first-order valence-corrected chi connectivity index (χ1v) is 8.28. The van der Waals surface area contributed by atoms with Crippen molar-refractivity contribution in [2.45, 2.75) is 12.8 Å². The van der Waals surface area contributed by atoms with Gasteiger partial charge in [-0.05, 0) is 43.1 Å². The zero-order valence-corrected chi connectivity index (χ0v) is 12.2. The van der Waals surface area contributed by atoms with Crippen molar-refractivity contribution in [1.82, 2.24) is 0 Å². The van der Waals surface area contributed by atoms with Crippen molar-refractivity contribution in [3.63, 3.8) is 0 Å². The molecule has 0 amide bonds. The molecule has 3 nitrogen and oxygen atoms in total. The lowest BCUT2D eigenvalue weighted by Gasteiger charge is -2.26. The van der Waals surface area contributed by atoms with E-state index in [0.29, 0.717) is 29.4 Å². The van der Waals surface area contributed by atoms with E-state index in [1.165, 1.54) is 0 Å². The van der Waals surface area contributed by atoms with Crippen LogP contribution in [0.15, 0.2) is 18.2 Å². The Bertz CT molecular complexity index is 559. The summed E-state index contributed by atoms with van der Waals surface area (Å²) in [5.74, 6) is 0.349. The molecule has 2 rings (SSSR count). The molecule has 1 aliphatic heterocycles. The van der Waals surface area contributed by atoms with E-state index in [1.807, 2.05) is 0 Å². The highest BCUT2D eigenvalue weighted by atomic mass is 35.5. The smallest absolute Gasteiger partial charge is 0.150 e. The van der Waals surface area contributed by atoms with E-state index in [-0.39, 0.29) is 11.5 Å². The van der Waals surface area contributed by atoms with Crippen LogP contribution in [0.1, 0.15) is 12.0 Å². The molecule has 1 atom stereocenters. The van der Waals surface area contributed by atoms with E-state index in [4.69, 9.17) is 28.9 Å². The first-order valence-electron chi connectivity index (χ1n) is 5.70. The third-order valence-corrected chi connectivity index (χ3v) is 5.96. The monoisotopic (exact) mass is 307 g/mol. The van der Waals surface area contributed by atoms with Crippen LogP contribution in [0.4, 0.5) is 0 Å². The zero-order valence-electron chi connectivity index (χ0n) is 9.83. The Morgan fingerprint density at radius 1 is 1.33 bits per heavy atom. The fourth-order valence-corrected chi connectivity index (χ4v) is 5.00. The minimum Gasteiger partial charge on any atom is -0.330 e. The predicted octanol–water partition coefficient (Wildman–Crippen LogP) is 2.30. The molecule has 0 bridgehead atoms. The highest BCUT2D eigenvalue weighted by molar-refractivity contribution is 7.91. The van der Waals surface area contributed by atoms with Crippen LogP contribution >= 0.6 is 23.2 Å². The molecule has 100 valence electrons. The van der Waals surface area contributed by atoms with Gasteiger partial charge in [-0.25, -0.2) is 8.42 Å². The van der Waals surface area contributed by atoms with Crippen molar-refractivity contribution < 1.29 is 8.42 Å². The molecule has 0 spiro atoms. The van der Waals surface area contributed by atoms with Gasteiger partial charge in [-0.3, -0.25) is 0 Å². The van der Waals surface area contributed by atoms with Gasteiger partial charge in [0.15, 0.2) is 9.84 Å². The van der Waals surface area contributed by atoms with Gasteiger partial charge in [-0.15, -0.1) is 0 Å². The Morgan fingerprint density at radius 2 is 2.06 bits per heavy atom. The van der Waals surface area contributed by atoms with Gasteiger partial charge in [0.1, 0.15) is 0 Å². The molecule has 0 aliphatic carbocycles. The summed E-state index contributed by atoms with van der Waals surface area (Å²) < 4.78 is 23.3. The summed E-state index contributed by atoms with van der Waals surface area (Å²) in [7, 11) is -2.97. The number of hydrogen-bond acceptors (Lipinski definition) is 3. The number of halogens is 2. The van der Waals surface area contributed by atoms with Crippen LogP contribution in [0.5, 0.6) is 0 Å². The molecule has 6 heteroatoms. The molecule has 0 saturated carbocycles. The van der Waals surface area contributed by atoms with E-state index in [1.54, 1.807) is 18.2 Å². The first-order chi connectivity index (χ1) is 8.36. The van der Waals surface area contributed by atoms with Gasteiger partial charge in [0.05, 0.1) is 11.5 Å². The van der Waals surface area contributed by atoms with Crippen molar-refractivity contribution in [3.05, 3.63) is 33.8 Å². The second-order valence-electron chi connectivity index (χ2n) is 4.96. The minimum atomic E-state index is -2.97. The number of hydrogen-bond donors (Lipinski definition) is 1. The second-order valence-corrected chi connectivity index (χ2v) is 7.99. The van der Waals surface area contributed by atoms with Crippen LogP contribution in [0, 0.1) is 5.41 Å². The van der Waals surface area contributed by atoms with Crippen LogP contribution in [0.3, 0.4) is 0 Å². The molecule has 2 N–H and O–H groups in total. The topological polar surface area (TPSA) is 60.2 Å². The van der Waals surface area contributed by atoms with Crippen molar-refractivity contribution in [3.8, 4) is 0 Å². The van der Waals surface area contributed by atoms with Gasteiger partial charge in [-0.1, -0.05) is 23.2 Å². The summed E-state index contributed by atoms with van der Waals surface area (Å²) in [5, 5.41) is 1.21. The van der Waals surface area contributed by atoms with E-state index in [9.17, 15) is 8.42 Å². The quantitative estimate of drug-likeness (QED) is 0.932. The average molecular weight is 308 g/mol. The summed E-state index contributed by atoms with van der Waals surface area (Å²) >= 11 is 12.1. The summed E-state index contributed by atoms with van der Waals surface area (Å²) in [5.41, 5.74) is 6.26. The summed E-state index contributed by atoms with van der Waals surface area (Å²) in [4.78, 5) is 0. The molecule has 1 aromatic carbocycles. The van der Waals surface area contributed by atoms with E-state index in [0.717, 1.165) is 5.56 Å². The number of nitrogens with two attached hydrogens (primary N) is 1. The highest BCUT2D eigenvalue weighted by Gasteiger charge is 2.41. The molecule has 1 aliphatic rings. The third kappa shape index (κ3) is 2.99. The molecule has 1 unspecified atom stereocenters. The van der Waals surface area contributed by atoms with Crippen LogP contribution in [-0.2, 0) is 16.3 Å². The largest absolute Gasteiger partial charge is 0.330 e. The molecule has 18 heavy (non-hydrogen) atoms. The standard InChI is InChI=1S/C12H15Cl2NO2S/c13-10-1-2-11(14)9(5-10)6-12(7-15)3-4-18(16,17)8-12/h1-2,5H,3-4,6-8,15H2. The lowest BCUT2D eigenvalue weighted by Crippen LogP contribution is -2.34. The molecular formula is C12H15Cl2NO2S. The fraction of sp³-hybridized carbons (Fsp3) is 0.500. The van der Waals surface area contributed by atoms with Crippen molar-refractivity contribution >= 4 is 33.0 Å². The SMILES string of the molecule is NCC1(Cc2cc(Cl)ccc2Cl)CCS(=O)(=O)C1. The van der Waals surface area contributed by atoms with Crippen molar-refractivity contribution in [2.75, 3.05) is 18.1 Å². The van der Waals surface area contributed by atoms with Gasteiger partial charge in [0, 0.05) is 15.5 Å². The Kier molecular flexibility index (Phi) is 3.93. The van der Waals surface area contributed by atoms with Gasteiger partial charge >= 0.3 is 0 Å². The Hall–Kier alpha value is -0.290. The summed E-state index contributed by atoms with van der Waals surface area (Å²) in [6.07, 6.45) is 1.15. The van der Waals surface area contributed by atoms with Gasteiger partial charge in [-0.2, -0.15) is 0 Å². The van der Waals surface area contributed by atoms with Gasteiger partial charge in [0.25, 0.3) is 0 Å². The maximum absolute atomic E-state index is 11.6. The van der Waals surface area contributed by atoms with E-state index in [2.05, 4.69) is 0 Å². The Morgan fingerprint density at radius 3 is 2.61 bits per heavy atom. The van der Waals surface area contributed by atoms with Crippen molar-refractivity contribution in [1.29, 1.82) is 0 Å². The molecule has 1 heterocycles. The lowest BCUT2D eigenvalue weighted by molar-refractivity contribution is 0.344. The number of rotatable bonds is 3. The third-order valence-electron chi connectivity index (χ3n) is 3.48. The molecular weight excluding hydrogens is 293 g/mol. The van der Waals surface area contributed by atoms with Crippen LogP contribution < -0.4 is 5.73 Å². The Labute approximate surface area is 117 Å². The lowest BCUT2D eigenvalue weighted by atomic mass is 9.81. The van der Waals surface area contributed by atoms with Crippen LogP contribution in [0.2, 0.25) is 10.0 Å². The molecule has 1 saturated heterocycles. The normalized spacial score (nSPS) is 26.4. The predicted molar refractivity (Wildman–Crippen MR) is 74.9 cm³/mol. The maximum Gasteiger partial charge on any atom is 0.150 e. The number of sulfone groups is 1. The van der Waals surface area contributed by atoms with E-state index < -0.39 is 15.3 Å². The maximum atomic E-state index is 11.6. The average Bonchev–Trinajstić information content (AvgIpc) is 2.60. The summed E-state index contributed by atoms with van der Waals surface area (Å²) in [6, 6.07) is 5.23. The minimum absolute atomic E-state index is 0.138. The first kappa shape index (κ1) is 14.1. The second kappa shape index (κ2) is 5.00. The number of benzene rings is 1. The van der Waals surface area contributed by atoms with Crippen LogP contribution in [0.25, 0.3) is 0 Å². The molecule has 1 aromatic rings. The zero-order chi connectivity index (χ0) is 13.4. The van der Waals surface area contributed by atoms with Crippen LogP contribution in [-0.4, -0.2) is 26.5 Å².